The van der Waals surface area contributed by atoms with E-state index in [1.54, 1.807) is 0 Å². The van der Waals surface area contributed by atoms with Gasteiger partial charge >= 0.3 is 0 Å². The Balaban J connectivity index is 2.14. The summed E-state index contributed by atoms with van der Waals surface area (Å²) in [7, 11) is -3.57. The molecule has 2 amide bonds. The van der Waals surface area contributed by atoms with Crippen LogP contribution in [0.1, 0.15) is 35.6 Å². The minimum atomic E-state index is -3.57. The van der Waals surface area contributed by atoms with Crippen LogP contribution in [0.2, 0.25) is 0 Å². The molecule has 1 heterocycles. The largest absolute Gasteiger partial charge is 0.352 e. The van der Waals surface area contributed by atoms with Gasteiger partial charge in [-0.15, -0.1) is 0 Å². The van der Waals surface area contributed by atoms with Crippen molar-refractivity contribution in [1.82, 2.24) is 15.1 Å². The first kappa shape index (κ1) is 22.4. The zero-order valence-corrected chi connectivity index (χ0v) is 18.1. The third-order valence-electron chi connectivity index (χ3n) is 4.08. The lowest BCUT2D eigenvalue weighted by Gasteiger charge is -2.16. The number of amides is 2. The van der Waals surface area contributed by atoms with Gasteiger partial charge in [-0.2, -0.15) is 5.10 Å². The maximum atomic E-state index is 12.7. The SMILES string of the molecule is CC(=O)Nc1ccc(NS(C)(=O)=O)c(C(=O)NCC(C)Cn2nc(C)cc2C)c1. The summed E-state index contributed by atoms with van der Waals surface area (Å²) < 4.78 is 27.5. The molecule has 0 aliphatic carbocycles. The quantitative estimate of drug-likeness (QED) is 0.601. The average molecular weight is 422 g/mol. The van der Waals surface area contributed by atoms with Gasteiger partial charge in [0.15, 0.2) is 0 Å². The molecule has 10 heteroatoms. The van der Waals surface area contributed by atoms with Crippen molar-refractivity contribution in [2.75, 3.05) is 22.8 Å². The van der Waals surface area contributed by atoms with Crippen molar-refractivity contribution >= 4 is 33.2 Å². The van der Waals surface area contributed by atoms with E-state index < -0.39 is 15.9 Å². The van der Waals surface area contributed by atoms with Crippen molar-refractivity contribution in [3.05, 3.63) is 41.2 Å². The Morgan fingerprint density at radius 2 is 1.90 bits per heavy atom. The summed E-state index contributed by atoms with van der Waals surface area (Å²) in [6.07, 6.45) is 1.01. The summed E-state index contributed by atoms with van der Waals surface area (Å²) in [5, 5.41) is 9.83. The van der Waals surface area contributed by atoms with Crippen molar-refractivity contribution < 1.29 is 18.0 Å². The minimum Gasteiger partial charge on any atom is -0.352 e. The van der Waals surface area contributed by atoms with Crippen LogP contribution in [0, 0.1) is 19.8 Å². The number of carbonyl (C=O) groups excluding carboxylic acids is 2. The van der Waals surface area contributed by atoms with E-state index in [0.717, 1.165) is 17.6 Å². The third kappa shape index (κ3) is 6.90. The van der Waals surface area contributed by atoms with Gasteiger partial charge in [0.1, 0.15) is 0 Å². The number of aromatic nitrogens is 2. The van der Waals surface area contributed by atoms with Gasteiger partial charge in [-0.05, 0) is 44.0 Å². The summed E-state index contributed by atoms with van der Waals surface area (Å²) in [6.45, 7) is 8.25. The molecular weight excluding hydrogens is 394 g/mol. The zero-order valence-electron chi connectivity index (χ0n) is 17.2. The van der Waals surface area contributed by atoms with E-state index in [-0.39, 0.29) is 23.1 Å². The van der Waals surface area contributed by atoms with Crippen LogP contribution >= 0.6 is 0 Å². The van der Waals surface area contributed by atoms with Gasteiger partial charge in [0, 0.05) is 31.4 Å². The molecule has 1 unspecified atom stereocenters. The maximum Gasteiger partial charge on any atom is 0.253 e. The zero-order chi connectivity index (χ0) is 21.8. The number of aryl methyl sites for hydroxylation is 2. The fourth-order valence-corrected chi connectivity index (χ4v) is 3.46. The first-order valence-corrected chi connectivity index (χ1v) is 11.0. The molecule has 0 aliphatic heterocycles. The Kier molecular flexibility index (Phi) is 7.02. The second kappa shape index (κ2) is 9.08. The Hall–Kier alpha value is -2.88. The van der Waals surface area contributed by atoms with E-state index in [2.05, 4.69) is 20.5 Å². The molecule has 1 aromatic carbocycles. The molecule has 0 bridgehead atoms. The van der Waals surface area contributed by atoms with E-state index >= 15 is 0 Å². The average Bonchev–Trinajstić information content (AvgIpc) is 2.89. The molecule has 0 fully saturated rings. The Morgan fingerprint density at radius 3 is 2.45 bits per heavy atom. The van der Waals surface area contributed by atoms with Gasteiger partial charge in [-0.25, -0.2) is 8.42 Å². The predicted octanol–water partition coefficient (Wildman–Crippen LogP) is 1.90. The van der Waals surface area contributed by atoms with E-state index in [1.807, 2.05) is 31.5 Å². The molecule has 158 valence electrons. The van der Waals surface area contributed by atoms with Crippen LogP contribution in [0.3, 0.4) is 0 Å². The molecule has 1 aromatic heterocycles. The molecular formula is C19H27N5O4S. The molecule has 0 aliphatic rings. The highest BCUT2D eigenvalue weighted by Gasteiger charge is 2.17. The van der Waals surface area contributed by atoms with Crippen LogP contribution in [0.4, 0.5) is 11.4 Å². The van der Waals surface area contributed by atoms with Gasteiger partial charge in [0.25, 0.3) is 5.91 Å². The highest BCUT2D eigenvalue weighted by Crippen LogP contribution is 2.22. The Labute approximate surface area is 170 Å². The van der Waals surface area contributed by atoms with Crippen LogP contribution in [0.15, 0.2) is 24.3 Å². The number of rotatable bonds is 8. The van der Waals surface area contributed by atoms with Crippen molar-refractivity contribution in [1.29, 1.82) is 0 Å². The molecule has 1 atom stereocenters. The number of nitrogens with zero attached hydrogens (tertiary/aromatic N) is 2. The highest BCUT2D eigenvalue weighted by atomic mass is 32.2. The van der Waals surface area contributed by atoms with Crippen molar-refractivity contribution in [3.8, 4) is 0 Å². The second-order valence-electron chi connectivity index (χ2n) is 7.24. The fraction of sp³-hybridized carbons (Fsp3) is 0.421. The number of anilines is 2. The van der Waals surface area contributed by atoms with Crippen molar-refractivity contribution in [2.45, 2.75) is 34.2 Å². The van der Waals surface area contributed by atoms with Gasteiger partial charge < -0.3 is 10.6 Å². The number of benzene rings is 1. The Morgan fingerprint density at radius 1 is 1.21 bits per heavy atom. The fourth-order valence-electron chi connectivity index (χ4n) is 2.88. The third-order valence-corrected chi connectivity index (χ3v) is 4.67. The number of hydrogen-bond acceptors (Lipinski definition) is 5. The maximum absolute atomic E-state index is 12.7. The van der Waals surface area contributed by atoms with E-state index in [0.29, 0.717) is 18.8 Å². The van der Waals surface area contributed by atoms with Crippen LogP contribution in [-0.4, -0.2) is 42.8 Å². The van der Waals surface area contributed by atoms with Gasteiger partial charge in [-0.3, -0.25) is 19.0 Å². The number of sulfonamides is 1. The van der Waals surface area contributed by atoms with Gasteiger partial charge in [0.05, 0.1) is 23.2 Å². The van der Waals surface area contributed by atoms with Crippen LogP contribution in [0.25, 0.3) is 0 Å². The first-order valence-electron chi connectivity index (χ1n) is 9.13. The monoisotopic (exact) mass is 421 g/mol. The second-order valence-corrected chi connectivity index (χ2v) is 8.99. The van der Waals surface area contributed by atoms with Gasteiger partial charge in [0.2, 0.25) is 15.9 Å². The summed E-state index contributed by atoms with van der Waals surface area (Å²) in [5.41, 5.74) is 2.65. The van der Waals surface area contributed by atoms with Crippen LogP contribution in [0.5, 0.6) is 0 Å². The standard InChI is InChI=1S/C19H27N5O4S/c1-12(11-24-14(3)8-13(2)22-24)10-20-19(26)17-9-16(21-15(4)25)6-7-18(17)23-29(5,27)28/h6-9,12,23H,10-11H2,1-5H3,(H,20,26)(H,21,25). The van der Waals surface area contributed by atoms with E-state index in [4.69, 9.17) is 0 Å². The van der Waals surface area contributed by atoms with Crippen LogP contribution in [-0.2, 0) is 21.4 Å². The minimum absolute atomic E-state index is 0.0989. The molecule has 2 aromatic rings. The summed E-state index contributed by atoms with van der Waals surface area (Å²) in [5.74, 6) is -0.635. The lowest BCUT2D eigenvalue weighted by Crippen LogP contribution is -2.31. The molecule has 2 rings (SSSR count). The summed E-state index contributed by atoms with van der Waals surface area (Å²) in [6, 6.07) is 6.40. The smallest absolute Gasteiger partial charge is 0.253 e. The highest BCUT2D eigenvalue weighted by molar-refractivity contribution is 7.92. The first-order chi connectivity index (χ1) is 13.4. The topological polar surface area (TPSA) is 122 Å². The molecule has 0 spiro atoms. The van der Waals surface area contributed by atoms with Crippen molar-refractivity contribution in [3.63, 3.8) is 0 Å². The number of hydrogen-bond donors (Lipinski definition) is 3. The summed E-state index contributed by atoms with van der Waals surface area (Å²) in [4.78, 5) is 24.0. The summed E-state index contributed by atoms with van der Waals surface area (Å²) >= 11 is 0. The molecule has 9 nitrogen and oxygen atoms in total. The molecule has 29 heavy (non-hydrogen) atoms. The van der Waals surface area contributed by atoms with Crippen molar-refractivity contribution in [2.24, 2.45) is 5.92 Å². The normalized spacial score (nSPS) is 12.3. The predicted molar refractivity (Wildman–Crippen MR) is 112 cm³/mol. The van der Waals surface area contributed by atoms with Gasteiger partial charge in [-0.1, -0.05) is 6.92 Å². The number of nitrogens with one attached hydrogen (secondary N) is 3. The molecule has 0 radical (unpaired) electrons. The molecule has 0 saturated carbocycles. The van der Waals surface area contributed by atoms with Crippen LogP contribution < -0.4 is 15.4 Å². The molecule has 0 saturated heterocycles. The molecule has 3 N–H and O–H groups in total. The van der Waals surface area contributed by atoms with E-state index in [1.165, 1.54) is 25.1 Å². The lowest BCUT2D eigenvalue weighted by atomic mass is 10.1. The Bertz CT molecular complexity index is 1010. The number of carbonyl (C=O) groups is 2. The lowest BCUT2D eigenvalue weighted by molar-refractivity contribution is -0.114. The van der Waals surface area contributed by atoms with E-state index in [9.17, 15) is 18.0 Å².